The van der Waals surface area contributed by atoms with Crippen LogP contribution in [0.5, 0.6) is 0 Å². The Bertz CT molecular complexity index is 2450. The lowest BCUT2D eigenvalue weighted by Crippen LogP contribution is -2.60. The number of aliphatic imine (C=N–C) groups is 1. The van der Waals surface area contributed by atoms with Gasteiger partial charge in [0.05, 0.1) is 6.04 Å². The van der Waals surface area contributed by atoms with Crippen molar-refractivity contribution in [2.75, 3.05) is 18.1 Å². The lowest BCUT2D eigenvalue weighted by molar-refractivity contribution is -0.141. The number of primary amides is 1. The molecule has 16 N–H and O–H groups in total. The van der Waals surface area contributed by atoms with Crippen LogP contribution in [0.1, 0.15) is 43.7 Å². The van der Waals surface area contributed by atoms with Crippen molar-refractivity contribution < 1.29 is 43.5 Å². The van der Waals surface area contributed by atoms with E-state index in [1.54, 1.807) is 18.3 Å². The Morgan fingerprint density at radius 1 is 0.657 bits per heavy atom. The molecule has 7 atom stereocenters. The van der Waals surface area contributed by atoms with E-state index in [9.17, 15) is 43.5 Å². The van der Waals surface area contributed by atoms with Crippen LogP contribution in [0.15, 0.2) is 77.9 Å². The van der Waals surface area contributed by atoms with Gasteiger partial charge in [-0.1, -0.05) is 60.7 Å². The maximum absolute atomic E-state index is 14.6. The van der Waals surface area contributed by atoms with Gasteiger partial charge >= 0.3 is 5.97 Å². The van der Waals surface area contributed by atoms with Crippen LogP contribution in [0.2, 0.25) is 0 Å². The van der Waals surface area contributed by atoms with Gasteiger partial charge in [0, 0.05) is 54.4 Å². The number of aromatic amines is 1. The van der Waals surface area contributed by atoms with Gasteiger partial charge in [0.2, 0.25) is 41.4 Å². The maximum atomic E-state index is 14.6. The number of hydrogen-bond donors (Lipinski definition) is 14. The molecule has 360 valence electrons. The molecule has 3 aromatic carbocycles. The van der Waals surface area contributed by atoms with Gasteiger partial charge in [-0.05, 0) is 54.2 Å². The van der Waals surface area contributed by atoms with Crippen molar-refractivity contribution in [1.82, 2.24) is 36.9 Å². The van der Waals surface area contributed by atoms with Crippen LogP contribution in [0.25, 0.3) is 21.7 Å². The lowest BCUT2D eigenvalue weighted by atomic mass is 9.99. The number of H-pyrrole nitrogens is 1. The van der Waals surface area contributed by atoms with Crippen molar-refractivity contribution in [3.8, 4) is 0 Å². The van der Waals surface area contributed by atoms with Crippen molar-refractivity contribution >= 4 is 100 Å². The van der Waals surface area contributed by atoms with Crippen LogP contribution in [0, 0.1) is 0 Å². The molecule has 4 aromatic rings. The number of fused-ring (bicyclic) bond motifs is 2. The topological polar surface area (TPSA) is 361 Å². The van der Waals surface area contributed by atoms with E-state index < -0.39 is 89.6 Å². The summed E-state index contributed by atoms with van der Waals surface area (Å²) in [4.78, 5) is 113. The molecule has 0 fully saturated rings. The van der Waals surface area contributed by atoms with E-state index in [1.807, 2.05) is 54.6 Å². The van der Waals surface area contributed by atoms with Crippen LogP contribution < -0.4 is 54.8 Å². The van der Waals surface area contributed by atoms with E-state index >= 15 is 0 Å². The number of guanidine groups is 1. The summed E-state index contributed by atoms with van der Waals surface area (Å²) < 4.78 is 0. The number of aliphatic carboxylic acids is 1. The number of rotatable bonds is 26. The van der Waals surface area contributed by atoms with E-state index in [0.717, 1.165) is 21.7 Å². The third-order valence-corrected chi connectivity index (χ3v) is 11.4. The molecule has 4 rings (SSSR count). The van der Waals surface area contributed by atoms with E-state index in [0.29, 0.717) is 11.1 Å². The number of nitrogens with one attached hydrogen (secondary N) is 7. The quantitative estimate of drug-likeness (QED) is 0.0150. The molecule has 1 heterocycles. The molecule has 0 saturated carbocycles. The summed E-state index contributed by atoms with van der Waals surface area (Å²) in [5.74, 6) is -7.53. The Kier molecular flexibility index (Phi) is 20.3. The molecule has 0 aliphatic rings. The summed E-state index contributed by atoms with van der Waals surface area (Å²) in [6, 6.07) is 10.8. The minimum atomic E-state index is -1.45. The van der Waals surface area contributed by atoms with Crippen molar-refractivity contribution in [3.05, 3.63) is 84.1 Å². The molecule has 0 unspecified atom stereocenters. The van der Waals surface area contributed by atoms with E-state index in [4.69, 9.17) is 22.9 Å². The molecular formula is C44H58N12O9S2. The smallest absolute Gasteiger partial charge is 0.327 e. The van der Waals surface area contributed by atoms with Gasteiger partial charge in [-0.25, -0.2) is 4.79 Å². The first-order valence-electron chi connectivity index (χ1n) is 21.3. The van der Waals surface area contributed by atoms with E-state index in [2.05, 4.69) is 67.1 Å². The second-order valence-corrected chi connectivity index (χ2v) is 16.5. The Balaban J connectivity index is 1.69. The van der Waals surface area contributed by atoms with Crippen molar-refractivity contribution in [2.24, 2.45) is 27.9 Å². The van der Waals surface area contributed by atoms with Gasteiger partial charge in [-0.2, -0.15) is 25.3 Å². The normalized spacial score (nSPS) is 14.2. The number of nitrogens with zero attached hydrogens (tertiary/aromatic N) is 1. The molecular weight excluding hydrogens is 905 g/mol. The fourth-order valence-corrected chi connectivity index (χ4v) is 7.32. The fraction of sp³-hybridized carbons (Fsp3) is 0.386. The third-order valence-electron chi connectivity index (χ3n) is 10.6. The number of para-hydroxylation sites is 1. The molecule has 0 bridgehead atoms. The van der Waals surface area contributed by atoms with Gasteiger partial charge in [0.1, 0.15) is 36.3 Å². The summed E-state index contributed by atoms with van der Waals surface area (Å²) >= 11 is 8.06. The Morgan fingerprint density at radius 3 is 1.85 bits per heavy atom. The Morgan fingerprint density at radius 2 is 1.22 bits per heavy atom. The number of thiol groups is 2. The monoisotopic (exact) mass is 962 g/mol. The van der Waals surface area contributed by atoms with Gasteiger partial charge in [0.15, 0.2) is 5.96 Å². The molecule has 0 radical (unpaired) electrons. The standard InChI is InChI=1S/C44H58N12O9S2/c1-23(51-38(59)29(45)21-66)37(58)52-32(14-15-36(46)57)40(61)54-33(18-24-12-13-25-7-2-3-8-26(25)17-24)41(62)53-31(11-6-16-49-44(47)48)39(60)55-34(42(63)56-35(22-67)43(64)65)19-27-20-50-30-10-5-4-9-28(27)30/h2-5,7-10,12-13,17,20,23,29,31-35,50,66-67H,6,11,14-16,18-19,21-22,45H2,1H3,(H2,46,57)(H,51,59)(H,52,58)(H,53,62)(H,54,61)(H,55,60)(H,56,63)(H,64,65)(H4,47,48,49)/t23-,29+,31+,32+,33-,34+,35+/m1/s1. The molecule has 23 heteroatoms. The van der Waals surface area contributed by atoms with Crippen LogP contribution in [0.3, 0.4) is 0 Å². The molecule has 67 heavy (non-hydrogen) atoms. The van der Waals surface area contributed by atoms with E-state index in [-0.39, 0.29) is 62.5 Å². The first-order chi connectivity index (χ1) is 31.9. The average Bonchev–Trinajstić information content (AvgIpc) is 3.71. The Hall–Kier alpha value is -6.85. The second kappa shape index (κ2) is 25.7. The highest BCUT2D eigenvalue weighted by Crippen LogP contribution is 2.20. The molecule has 1 aromatic heterocycles. The number of carbonyl (C=O) groups is 8. The first-order valence-corrected chi connectivity index (χ1v) is 22.6. The number of carbonyl (C=O) groups excluding carboxylic acids is 7. The summed E-state index contributed by atoms with van der Waals surface area (Å²) in [5, 5.41) is 27.6. The minimum absolute atomic E-state index is 0.00614. The predicted octanol–water partition coefficient (Wildman–Crippen LogP) is -1.37. The highest BCUT2D eigenvalue weighted by Gasteiger charge is 2.34. The Labute approximate surface area is 397 Å². The largest absolute Gasteiger partial charge is 0.480 e. The van der Waals surface area contributed by atoms with Gasteiger partial charge in [0.25, 0.3) is 0 Å². The number of carboxylic acids is 1. The third kappa shape index (κ3) is 16.2. The van der Waals surface area contributed by atoms with Crippen LogP contribution in [-0.4, -0.2) is 124 Å². The van der Waals surface area contributed by atoms with Gasteiger partial charge in [-0.3, -0.25) is 38.6 Å². The second-order valence-electron chi connectivity index (χ2n) is 15.7. The summed E-state index contributed by atoms with van der Waals surface area (Å²) in [6.45, 7) is 1.40. The number of carboxylic acid groups (broad SMARTS) is 1. The number of hydrogen-bond acceptors (Lipinski definition) is 12. The molecule has 21 nitrogen and oxygen atoms in total. The fourth-order valence-electron chi connectivity index (χ4n) is 6.91. The molecule has 0 aliphatic heterocycles. The van der Waals surface area contributed by atoms with Crippen LogP contribution in [0.4, 0.5) is 0 Å². The average molecular weight is 963 g/mol. The van der Waals surface area contributed by atoms with Crippen LogP contribution in [-0.2, 0) is 51.2 Å². The number of amides is 7. The predicted molar refractivity (Wildman–Crippen MR) is 259 cm³/mol. The SMILES string of the molecule is C[C@@H](NC(=O)[C@@H](N)CS)C(=O)N[C@@H](CCC(N)=O)C(=O)N[C@H](Cc1ccc2ccccc2c1)C(=O)N[C@@H](CCCN=C(N)N)C(=O)N[C@@H](Cc1c[nH]c2ccccc12)C(=O)N[C@@H](CS)C(=O)O. The van der Waals surface area contributed by atoms with Gasteiger partial charge in [-0.15, -0.1) is 0 Å². The number of aromatic nitrogens is 1. The lowest BCUT2D eigenvalue weighted by Gasteiger charge is -2.27. The molecule has 0 saturated heterocycles. The summed E-state index contributed by atoms with van der Waals surface area (Å²) in [6.07, 6.45) is 0.844. The summed E-state index contributed by atoms with van der Waals surface area (Å²) in [5.41, 5.74) is 24.2. The van der Waals surface area contributed by atoms with Crippen molar-refractivity contribution in [1.29, 1.82) is 0 Å². The first kappa shape index (κ1) is 52.8. The highest BCUT2D eigenvalue weighted by molar-refractivity contribution is 7.80. The zero-order valence-corrected chi connectivity index (χ0v) is 38.5. The zero-order chi connectivity index (χ0) is 49.2. The summed E-state index contributed by atoms with van der Waals surface area (Å²) in [7, 11) is 0. The zero-order valence-electron chi connectivity index (χ0n) is 36.7. The van der Waals surface area contributed by atoms with E-state index in [1.165, 1.54) is 6.92 Å². The van der Waals surface area contributed by atoms with Gasteiger partial charge < -0.3 is 64.9 Å². The number of nitrogens with two attached hydrogens (primary N) is 4. The highest BCUT2D eigenvalue weighted by atomic mass is 32.1. The molecule has 0 aliphatic carbocycles. The molecule has 0 spiro atoms. The molecule has 7 amide bonds. The van der Waals surface area contributed by atoms with Crippen molar-refractivity contribution in [3.63, 3.8) is 0 Å². The number of benzene rings is 3. The van der Waals surface area contributed by atoms with Crippen LogP contribution >= 0.6 is 25.3 Å². The minimum Gasteiger partial charge on any atom is -0.480 e. The maximum Gasteiger partial charge on any atom is 0.327 e. The van der Waals surface area contributed by atoms with Crippen molar-refractivity contribution in [2.45, 2.75) is 87.7 Å².